The lowest BCUT2D eigenvalue weighted by Gasteiger charge is -2.40. The normalized spacial score (nSPS) is 21.2. The number of aliphatic carboxylic acids is 1. The summed E-state index contributed by atoms with van der Waals surface area (Å²) in [6.07, 6.45) is -3.86. The Hall–Kier alpha value is -3.86. The molecular formula is C23H28N4O9. The molecule has 194 valence electrons. The summed E-state index contributed by atoms with van der Waals surface area (Å²) in [6, 6.07) is 2.79. The summed E-state index contributed by atoms with van der Waals surface area (Å²) in [5.74, 6) is -2.37. The maximum absolute atomic E-state index is 12.7. The number of methoxy groups -OCH3 is 2. The fraction of sp³-hybridized carbons (Fsp3) is 0.478. The predicted octanol–water partition coefficient (Wildman–Crippen LogP) is -0.312. The summed E-state index contributed by atoms with van der Waals surface area (Å²) < 4.78 is 17.3. The molecule has 0 saturated carbocycles. The Labute approximate surface area is 206 Å². The quantitative estimate of drug-likeness (QED) is 0.300. The first kappa shape index (κ1) is 26.7. The summed E-state index contributed by atoms with van der Waals surface area (Å²) in [4.78, 5) is 24.5. The SMILES string of the molecule is COc1cc2nn([C@H]3C=C(C(=O)O)O[C@@H]([C@H](O)[C@H](O)CO)[C@@H]3NC(=O)C(C)C)c(C#N)c2cc1OC. The van der Waals surface area contributed by atoms with Crippen molar-refractivity contribution < 1.29 is 44.2 Å². The number of aliphatic hydroxyl groups is 3. The van der Waals surface area contributed by atoms with Crippen LogP contribution in [0.1, 0.15) is 25.6 Å². The molecule has 0 bridgehead atoms. The van der Waals surface area contributed by atoms with Crippen LogP contribution in [-0.2, 0) is 14.3 Å². The molecule has 0 unspecified atom stereocenters. The van der Waals surface area contributed by atoms with Gasteiger partial charge in [0.1, 0.15) is 30.1 Å². The molecule has 2 aromatic rings. The van der Waals surface area contributed by atoms with E-state index in [9.17, 15) is 35.3 Å². The molecule has 5 atom stereocenters. The third-order valence-corrected chi connectivity index (χ3v) is 5.86. The predicted molar refractivity (Wildman–Crippen MR) is 123 cm³/mol. The molecule has 0 radical (unpaired) electrons. The summed E-state index contributed by atoms with van der Waals surface area (Å²) in [7, 11) is 2.86. The fourth-order valence-electron chi connectivity index (χ4n) is 3.92. The van der Waals surface area contributed by atoms with Crippen LogP contribution in [0.25, 0.3) is 10.9 Å². The van der Waals surface area contributed by atoms with E-state index in [1.165, 1.54) is 25.0 Å². The number of carbonyl (C=O) groups excluding carboxylic acids is 1. The van der Waals surface area contributed by atoms with Gasteiger partial charge in [-0.05, 0) is 12.1 Å². The van der Waals surface area contributed by atoms with Gasteiger partial charge in [-0.3, -0.25) is 4.79 Å². The van der Waals surface area contributed by atoms with Crippen molar-refractivity contribution in [2.45, 2.75) is 44.2 Å². The number of fused-ring (bicyclic) bond motifs is 1. The van der Waals surface area contributed by atoms with E-state index in [4.69, 9.17) is 14.2 Å². The number of hydrogen-bond acceptors (Lipinski definition) is 10. The van der Waals surface area contributed by atoms with E-state index in [1.807, 2.05) is 6.07 Å². The van der Waals surface area contributed by atoms with Gasteiger partial charge in [-0.1, -0.05) is 13.8 Å². The highest BCUT2D eigenvalue weighted by Gasteiger charge is 2.45. The molecule has 0 spiro atoms. The smallest absolute Gasteiger partial charge is 0.370 e. The number of nitriles is 1. The minimum absolute atomic E-state index is 0.0126. The highest BCUT2D eigenvalue weighted by atomic mass is 16.5. The number of ether oxygens (including phenoxy) is 3. The third kappa shape index (κ3) is 4.92. The van der Waals surface area contributed by atoms with E-state index in [2.05, 4.69) is 10.4 Å². The summed E-state index contributed by atoms with van der Waals surface area (Å²) in [5.41, 5.74) is 0.334. The van der Waals surface area contributed by atoms with Gasteiger partial charge in [0.2, 0.25) is 11.7 Å². The van der Waals surface area contributed by atoms with Gasteiger partial charge in [0.05, 0.1) is 38.4 Å². The first-order chi connectivity index (χ1) is 17.1. The minimum Gasteiger partial charge on any atom is -0.493 e. The molecule has 2 heterocycles. The zero-order chi connectivity index (χ0) is 26.7. The van der Waals surface area contributed by atoms with Gasteiger partial charge in [-0.2, -0.15) is 10.4 Å². The Morgan fingerprint density at radius 3 is 2.42 bits per heavy atom. The number of rotatable bonds is 9. The van der Waals surface area contributed by atoms with Crippen molar-refractivity contribution in [3.8, 4) is 17.6 Å². The summed E-state index contributed by atoms with van der Waals surface area (Å²) in [5, 5.41) is 57.3. The Bertz CT molecular complexity index is 1220. The van der Waals surface area contributed by atoms with Gasteiger partial charge in [-0.25, -0.2) is 9.48 Å². The second-order valence-electron chi connectivity index (χ2n) is 8.47. The van der Waals surface area contributed by atoms with Crippen molar-refractivity contribution >= 4 is 22.8 Å². The molecule has 13 heteroatoms. The molecule has 36 heavy (non-hydrogen) atoms. The number of carbonyl (C=O) groups is 2. The van der Waals surface area contributed by atoms with Crippen molar-refractivity contribution in [2.75, 3.05) is 20.8 Å². The highest BCUT2D eigenvalue weighted by molar-refractivity contribution is 5.88. The van der Waals surface area contributed by atoms with Crippen LogP contribution in [0.3, 0.4) is 0 Å². The first-order valence-corrected chi connectivity index (χ1v) is 11.0. The molecule has 1 aromatic heterocycles. The number of nitrogens with one attached hydrogen (secondary N) is 1. The number of nitrogens with zero attached hydrogens (tertiary/aromatic N) is 3. The van der Waals surface area contributed by atoms with E-state index in [0.29, 0.717) is 22.4 Å². The van der Waals surface area contributed by atoms with Gasteiger partial charge < -0.3 is 40.0 Å². The maximum Gasteiger partial charge on any atom is 0.370 e. The standard InChI is InChI=1S/C23H28N4O9/c1-10(2)22(31)25-19-13(7-18(23(32)33)36-21(19)20(30)15(29)9-28)27-14(8-24)11-5-16(34-3)17(35-4)6-12(11)26-27/h5-7,10,13,15,19-21,28-30H,9H2,1-4H3,(H,25,31)(H,32,33)/t13-,15+,19+,20+,21+/m0/s1. The van der Waals surface area contributed by atoms with E-state index >= 15 is 0 Å². The second kappa shape index (κ2) is 10.8. The largest absolute Gasteiger partial charge is 0.493 e. The van der Waals surface area contributed by atoms with Crippen LogP contribution in [0.15, 0.2) is 24.0 Å². The van der Waals surface area contributed by atoms with E-state index in [1.54, 1.807) is 19.9 Å². The molecule has 1 aromatic carbocycles. The van der Waals surface area contributed by atoms with Crippen molar-refractivity contribution in [3.05, 3.63) is 29.7 Å². The van der Waals surface area contributed by atoms with E-state index < -0.39 is 60.6 Å². The van der Waals surface area contributed by atoms with Gasteiger partial charge in [0, 0.05) is 17.4 Å². The van der Waals surface area contributed by atoms with Gasteiger partial charge >= 0.3 is 5.97 Å². The topological polar surface area (TPSA) is 196 Å². The van der Waals surface area contributed by atoms with Crippen LogP contribution >= 0.6 is 0 Å². The number of aliphatic hydroxyl groups excluding tert-OH is 3. The average Bonchev–Trinajstić information content (AvgIpc) is 3.23. The van der Waals surface area contributed by atoms with Crippen LogP contribution in [-0.4, -0.2) is 87.3 Å². The van der Waals surface area contributed by atoms with E-state index in [0.717, 1.165) is 6.08 Å². The summed E-state index contributed by atoms with van der Waals surface area (Å²) in [6.45, 7) is 2.40. The molecule has 3 rings (SSSR count). The number of amides is 1. The molecule has 1 aliphatic heterocycles. The van der Waals surface area contributed by atoms with E-state index in [-0.39, 0.29) is 5.69 Å². The Kier molecular flexibility index (Phi) is 8.03. The molecule has 5 N–H and O–H groups in total. The molecule has 0 saturated heterocycles. The number of hydrogen-bond donors (Lipinski definition) is 5. The van der Waals surface area contributed by atoms with Gasteiger partial charge in [0.15, 0.2) is 11.5 Å². The molecule has 0 aliphatic carbocycles. The Morgan fingerprint density at radius 1 is 1.25 bits per heavy atom. The fourth-order valence-corrected chi connectivity index (χ4v) is 3.92. The van der Waals surface area contributed by atoms with Crippen molar-refractivity contribution in [2.24, 2.45) is 5.92 Å². The van der Waals surface area contributed by atoms with Gasteiger partial charge in [-0.15, -0.1) is 0 Å². The van der Waals surface area contributed by atoms with Crippen LogP contribution in [0.4, 0.5) is 0 Å². The number of carboxylic acids is 1. The minimum atomic E-state index is -1.80. The molecule has 1 aliphatic rings. The number of benzene rings is 1. The molecular weight excluding hydrogens is 476 g/mol. The van der Waals surface area contributed by atoms with Crippen LogP contribution in [0.5, 0.6) is 11.5 Å². The zero-order valence-corrected chi connectivity index (χ0v) is 20.1. The van der Waals surface area contributed by atoms with Gasteiger partial charge in [0.25, 0.3) is 0 Å². The summed E-state index contributed by atoms with van der Waals surface area (Å²) >= 11 is 0. The monoisotopic (exact) mass is 504 g/mol. The molecule has 1 amide bonds. The van der Waals surface area contributed by atoms with Crippen molar-refractivity contribution in [3.63, 3.8) is 0 Å². The Morgan fingerprint density at radius 2 is 1.89 bits per heavy atom. The van der Waals surface area contributed by atoms with Crippen molar-refractivity contribution in [1.29, 1.82) is 5.26 Å². The van der Waals surface area contributed by atoms with Crippen molar-refractivity contribution in [1.82, 2.24) is 15.1 Å². The molecule has 0 fully saturated rings. The first-order valence-electron chi connectivity index (χ1n) is 11.0. The van der Waals surface area contributed by atoms with Crippen LogP contribution in [0.2, 0.25) is 0 Å². The maximum atomic E-state index is 12.7. The highest BCUT2D eigenvalue weighted by Crippen LogP contribution is 2.37. The second-order valence-corrected chi connectivity index (χ2v) is 8.47. The lowest BCUT2D eigenvalue weighted by molar-refractivity contribution is -0.147. The number of carboxylic acid groups (broad SMARTS) is 1. The lowest BCUT2D eigenvalue weighted by atomic mass is 9.91. The zero-order valence-electron chi connectivity index (χ0n) is 20.1. The number of aromatic nitrogens is 2. The van der Waals surface area contributed by atoms with Crippen LogP contribution in [0, 0.1) is 17.2 Å². The Balaban J connectivity index is 2.27. The average molecular weight is 504 g/mol. The lowest BCUT2D eigenvalue weighted by Crippen LogP contribution is -2.59. The molecule has 13 nitrogen and oxygen atoms in total. The van der Waals surface area contributed by atoms with Crippen LogP contribution < -0.4 is 14.8 Å². The third-order valence-electron chi connectivity index (χ3n) is 5.86.